The molecule has 0 aliphatic carbocycles. The Morgan fingerprint density at radius 2 is 1.90 bits per heavy atom. The number of rotatable bonds is 6. The molecule has 0 spiro atoms. The summed E-state index contributed by atoms with van der Waals surface area (Å²) in [5.41, 5.74) is 0.490. The molecule has 0 aliphatic heterocycles. The van der Waals surface area contributed by atoms with Crippen LogP contribution in [0.1, 0.15) is 18.6 Å². The molecule has 4 nitrogen and oxygen atoms in total. The molecule has 0 radical (unpaired) electrons. The third-order valence-electron chi connectivity index (χ3n) is 2.93. The Kier molecular flexibility index (Phi) is 6.03. The van der Waals surface area contributed by atoms with E-state index >= 15 is 0 Å². The molecule has 1 aromatic rings. The van der Waals surface area contributed by atoms with Gasteiger partial charge in [-0.25, -0.2) is 13.1 Å². The van der Waals surface area contributed by atoms with Crippen LogP contribution in [-0.4, -0.2) is 33.5 Å². The molecule has 1 rings (SSSR count). The van der Waals surface area contributed by atoms with Gasteiger partial charge >= 0.3 is 6.18 Å². The molecule has 21 heavy (non-hydrogen) atoms. The van der Waals surface area contributed by atoms with Crippen molar-refractivity contribution in [3.8, 4) is 0 Å². The van der Waals surface area contributed by atoms with Crippen molar-refractivity contribution in [1.29, 1.82) is 0 Å². The third-order valence-corrected chi connectivity index (χ3v) is 5.04. The monoisotopic (exact) mass is 345 g/mol. The Bertz CT molecular complexity index is 577. The summed E-state index contributed by atoms with van der Waals surface area (Å²) in [5.74, 6) is 0. The van der Waals surface area contributed by atoms with Gasteiger partial charge in [0.25, 0.3) is 0 Å². The number of halogens is 4. The van der Waals surface area contributed by atoms with E-state index in [1.807, 2.05) is 4.72 Å². The molecule has 0 amide bonds. The maximum absolute atomic E-state index is 12.5. The summed E-state index contributed by atoms with van der Waals surface area (Å²) in [4.78, 5) is 0. The standard InChI is InChI=1S/C12H15ClF3NO3S/c1-8(12(14,15)16)21(18,19)17-7-11(20-2)9-5-3-4-6-10(9)13/h3-6,8,11,17H,7H2,1-2H3/t8-,11+/m0/s1. The van der Waals surface area contributed by atoms with Gasteiger partial charge in [-0.05, 0) is 13.0 Å². The minimum Gasteiger partial charge on any atom is -0.375 e. The lowest BCUT2D eigenvalue weighted by molar-refractivity contribution is -0.127. The zero-order chi connectivity index (χ0) is 16.3. The summed E-state index contributed by atoms with van der Waals surface area (Å²) in [6, 6.07) is 6.53. The summed E-state index contributed by atoms with van der Waals surface area (Å²) in [6.07, 6.45) is -5.62. The van der Waals surface area contributed by atoms with Gasteiger partial charge in [0.1, 0.15) is 0 Å². The summed E-state index contributed by atoms with van der Waals surface area (Å²) in [5, 5.41) is -2.17. The summed E-state index contributed by atoms with van der Waals surface area (Å²) in [7, 11) is -3.23. The van der Waals surface area contributed by atoms with Crippen LogP contribution >= 0.6 is 11.6 Å². The molecule has 2 atom stereocenters. The van der Waals surface area contributed by atoms with E-state index < -0.39 is 27.6 Å². The first-order valence-electron chi connectivity index (χ1n) is 5.92. The van der Waals surface area contributed by atoms with Crippen LogP contribution in [0.5, 0.6) is 0 Å². The predicted octanol–water partition coefficient (Wildman–Crippen LogP) is 2.90. The zero-order valence-electron chi connectivity index (χ0n) is 11.3. The summed E-state index contributed by atoms with van der Waals surface area (Å²) >= 11 is 5.95. The van der Waals surface area contributed by atoms with Crippen LogP contribution < -0.4 is 4.72 Å². The highest BCUT2D eigenvalue weighted by atomic mass is 35.5. The van der Waals surface area contributed by atoms with Gasteiger partial charge in [0.2, 0.25) is 10.0 Å². The number of ether oxygens (including phenoxy) is 1. The number of sulfonamides is 1. The lowest BCUT2D eigenvalue weighted by atomic mass is 10.1. The van der Waals surface area contributed by atoms with Crippen LogP contribution in [0.25, 0.3) is 0 Å². The smallest absolute Gasteiger partial charge is 0.375 e. The average molecular weight is 346 g/mol. The molecule has 0 fully saturated rings. The lowest BCUT2D eigenvalue weighted by Gasteiger charge is -2.21. The highest BCUT2D eigenvalue weighted by Gasteiger charge is 2.45. The molecule has 0 bridgehead atoms. The lowest BCUT2D eigenvalue weighted by Crippen LogP contribution is -2.43. The second-order valence-corrected chi connectivity index (χ2v) is 6.82. The van der Waals surface area contributed by atoms with Crippen molar-refractivity contribution in [2.45, 2.75) is 24.5 Å². The maximum Gasteiger partial charge on any atom is 0.406 e. The highest BCUT2D eigenvalue weighted by Crippen LogP contribution is 2.27. The first kappa shape index (κ1) is 18.2. The van der Waals surface area contributed by atoms with Crippen LogP contribution in [0, 0.1) is 0 Å². The van der Waals surface area contributed by atoms with Crippen LogP contribution in [-0.2, 0) is 14.8 Å². The van der Waals surface area contributed by atoms with Gasteiger partial charge in [0.05, 0.1) is 6.10 Å². The minimum absolute atomic E-state index is 0.340. The number of benzene rings is 1. The molecular weight excluding hydrogens is 331 g/mol. The molecule has 0 unspecified atom stereocenters. The Labute approximate surface area is 126 Å². The van der Waals surface area contributed by atoms with E-state index in [0.29, 0.717) is 17.5 Å². The van der Waals surface area contributed by atoms with E-state index in [9.17, 15) is 21.6 Å². The zero-order valence-corrected chi connectivity index (χ0v) is 12.9. The van der Waals surface area contributed by atoms with Gasteiger partial charge in [-0.15, -0.1) is 0 Å². The van der Waals surface area contributed by atoms with Gasteiger partial charge in [-0.1, -0.05) is 29.8 Å². The SMILES string of the molecule is CO[C@H](CNS(=O)(=O)[C@@H](C)C(F)(F)F)c1ccccc1Cl. The van der Waals surface area contributed by atoms with E-state index in [-0.39, 0.29) is 6.54 Å². The Morgan fingerprint density at radius 3 is 2.38 bits per heavy atom. The van der Waals surface area contributed by atoms with Gasteiger partial charge in [-0.2, -0.15) is 13.2 Å². The molecule has 1 aromatic carbocycles. The van der Waals surface area contributed by atoms with Crippen LogP contribution in [0.4, 0.5) is 13.2 Å². The molecule has 0 saturated carbocycles. The van der Waals surface area contributed by atoms with Crippen LogP contribution in [0.2, 0.25) is 5.02 Å². The van der Waals surface area contributed by atoms with E-state index in [4.69, 9.17) is 16.3 Å². The van der Waals surface area contributed by atoms with Gasteiger partial charge in [-0.3, -0.25) is 0 Å². The fourth-order valence-corrected chi connectivity index (χ4v) is 2.79. The Morgan fingerprint density at radius 1 is 1.33 bits per heavy atom. The molecule has 9 heteroatoms. The van der Waals surface area contributed by atoms with Crippen molar-refractivity contribution >= 4 is 21.6 Å². The topological polar surface area (TPSA) is 55.4 Å². The largest absolute Gasteiger partial charge is 0.406 e. The number of hydrogen-bond acceptors (Lipinski definition) is 3. The molecule has 0 saturated heterocycles. The second-order valence-electron chi connectivity index (χ2n) is 4.32. The van der Waals surface area contributed by atoms with E-state index in [2.05, 4.69) is 0 Å². The average Bonchev–Trinajstić information content (AvgIpc) is 2.39. The van der Waals surface area contributed by atoms with Crippen molar-refractivity contribution < 1.29 is 26.3 Å². The van der Waals surface area contributed by atoms with Crippen molar-refractivity contribution in [2.75, 3.05) is 13.7 Å². The van der Waals surface area contributed by atoms with Crippen LogP contribution in [0.15, 0.2) is 24.3 Å². The number of methoxy groups -OCH3 is 1. The van der Waals surface area contributed by atoms with E-state index in [1.54, 1.807) is 24.3 Å². The fourth-order valence-electron chi connectivity index (χ4n) is 1.55. The quantitative estimate of drug-likeness (QED) is 0.862. The molecular formula is C12H15ClF3NO3S. The fraction of sp³-hybridized carbons (Fsp3) is 0.500. The second kappa shape index (κ2) is 6.95. The maximum atomic E-state index is 12.5. The number of alkyl halides is 3. The Hall–Kier alpha value is -0.830. The van der Waals surface area contributed by atoms with Crippen molar-refractivity contribution in [3.63, 3.8) is 0 Å². The molecule has 0 aromatic heterocycles. The van der Waals surface area contributed by atoms with Crippen molar-refractivity contribution in [2.24, 2.45) is 0 Å². The first-order chi connectivity index (χ1) is 9.59. The molecule has 0 aliphatic rings. The van der Waals surface area contributed by atoms with E-state index in [0.717, 1.165) is 0 Å². The third kappa shape index (κ3) is 4.84. The normalized spacial score (nSPS) is 15.7. The predicted molar refractivity (Wildman–Crippen MR) is 73.6 cm³/mol. The van der Waals surface area contributed by atoms with Gasteiger partial charge in [0, 0.05) is 24.2 Å². The van der Waals surface area contributed by atoms with Crippen LogP contribution in [0.3, 0.4) is 0 Å². The number of hydrogen-bond donors (Lipinski definition) is 1. The molecule has 120 valence electrons. The van der Waals surface area contributed by atoms with E-state index in [1.165, 1.54) is 7.11 Å². The van der Waals surface area contributed by atoms with Gasteiger partial charge < -0.3 is 4.74 Å². The van der Waals surface area contributed by atoms with Crippen molar-refractivity contribution in [3.05, 3.63) is 34.9 Å². The molecule has 0 heterocycles. The number of nitrogens with one attached hydrogen (secondary N) is 1. The summed E-state index contributed by atoms with van der Waals surface area (Å²) in [6.45, 7) is 0.239. The van der Waals surface area contributed by atoms with Gasteiger partial charge in [0.15, 0.2) is 5.25 Å². The minimum atomic E-state index is -4.83. The Balaban J connectivity index is 2.84. The summed E-state index contributed by atoms with van der Waals surface area (Å²) < 4.78 is 67.6. The highest BCUT2D eigenvalue weighted by molar-refractivity contribution is 7.90. The first-order valence-corrected chi connectivity index (χ1v) is 7.84. The molecule has 1 N–H and O–H groups in total. The van der Waals surface area contributed by atoms with Crippen molar-refractivity contribution in [1.82, 2.24) is 4.72 Å².